The number of anilines is 1. The van der Waals surface area contributed by atoms with Crippen LogP contribution in [-0.2, 0) is 15.7 Å². The molecule has 0 radical (unpaired) electrons. The van der Waals surface area contributed by atoms with Crippen molar-refractivity contribution in [2.75, 3.05) is 5.32 Å². The van der Waals surface area contributed by atoms with Crippen molar-refractivity contribution >= 4 is 28.8 Å². The fourth-order valence-electron chi connectivity index (χ4n) is 3.20. The standard InChI is InChI=1S/C20H20F3NO4S/c1-10(25)15-9-14-17(29-15)16(18(27-11(2)26)19(3,4)28-14)24-13-7-5-12(6-8-13)20(21,22)23/h5-9,16,18,24H,1-4H3. The highest BCUT2D eigenvalue weighted by atomic mass is 32.1. The fraction of sp³-hybridized carbons (Fsp3) is 0.400. The van der Waals surface area contributed by atoms with Gasteiger partial charge in [0.25, 0.3) is 0 Å². The molecule has 2 heterocycles. The summed E-state index contributed by atoms with van der Waals surface area (Å²) in [5, 5.41) is 3.15. The maximum absolute atomic E-state index is 12.8. The van der Waals surface area contributed by atoms with Crippen molar-refractivity contribution in [3.8, 4) is 5.75 Å². The third-order valence-electron chi connectivity index (χ3n) is 4.54. The Morgan fingerprint density at radius 2 is 1.79 bits per heavy atom. The Kier molecular flexibility index (Phi) is 5.38. The van der Waals surface area contributed by atoms with Crippen LogP contribution in [0.3, 0.4) is 0 Å². The molecule has 0 spiro atoms. The van der Waals surface area contributed by atoms with Crippen LogP contribution in [-0.4, -0.2) is 23.5 Å². The van der Waals surface area contributed by atoms with E-state index in [1.165, 1.54) is 37.3 Å². The van der Waals surface area contributed by atoms with Crippen molar-refractivity contribution in [2.45, 2.75) is 51.6 Å². The normalized spacial score (nSPS) is 20.4. The van der Waals surface area contributed by atoms with Gasteiger partial charge in [-0.05, 0) is 45.0 Å². The number of thiophene rings is 1. The van der Waals surface area contributed by atoms with Crippen LogP contribution >= 0.6 is 11.3 Å². The summed E-state index contributed by atoms with van der Waals surface area (Å²) in [4.78, 5) is 24.6. The van der Waals surface area contributed by atoms with Gasteiger partial charge in [0.1, 0.15) is 17.4 Å². The van der Waals surface area contributed by atoms with Gasteiger partial charge in [0.2, 0.25) is 0 Å². The molecule has 29 heavy (non-hydrogen) atoms. The molecule has 2 aromatic rings. The molecule has 0 saturated carbocycles. The number of Topliss-reactive ketones (excluding diaryl/α,β-unsaturated/α-hetero) is 1. The summed E-state index contributed by atoms with van der Waals surface area (Å²) in [5.41, 5.74) is -1.28. The van der Waals surface area contributed by atoms with Gasteiger partial charge < -0.3 is 14.8 Å². The molecule has 0 saturated heterocycles. The smallest absolute Gasteiger partial charge is 0.416 e. The summed E-state index contributed by atoms with van der Waals surface area (Å²) >= 11 is 1.20. The molecule has 2 unspecified atom stereocenters. The van der Waals surface area contributed by atoms with E-state index < -0.39 is 35.5 Å². The number of nitrogens with one attached hydrogen (secondary N) is 1. The summed E-state index contributed by atoms with van der Waals surface area (Å²) in [6.07, 6.45) is -5.20. The molecule has 9 heteroatoms. The molecule has 1 aromatic heterocycles. The van der Waals surface area contributed by atoms with E-state index in [-0.39, 0.29) is 5.78 Å². The molecule has 0 fully saturated rings. The molecule has 1 aliphatic rings. The molecule has 1 aliphatic heterocycles. The molecule has 1 N–H and O–H groups in total. The zero-order valence-electron chi connectivity index (χ0n) is 16.2. The average molecular weight is 427 g/mol. The van der Waals surface area contributed by atoms with Gasteiger partial charge in [0.15, 0.2) is 11.9 Å². The van der Waals surface area contributed by atoms with E-state index in [0.29, 0.717) is 21.2 Å². The number of carbonyl (C=O) groups is 2. The maximum atomic E-state index is 12.8. The van der Waals surface area contributed by atoms with E-state index in [4.69, 9.17) is 9.47 Å². The average Bonchev–Trinajstić information content (AvgIpc) is 3.00. The first-order chi connectivity index (χ1) is 13.4. The summed E-state index contributed by atoms with van der Waals surface area (Å²) in [6, 6.07) is 5.61. The summed E-state index contributed by atoms with van der Waals surface area (Å²) in [7, 11) is 0. The molecule has 0 amide bonds. The minimum Gasteiger partial charge on any atom is -0.483 e. The largest absolute Gasteiger partial charge is 0.483 e. The van der Waals surface area contributed by atoms with Crippen molar-refractivity contribution < 1.29 is 32.2 Å². The first-order valence-corrected chi connectivity index (χ1v) is 9.65. The van der Waals surface area contributed by atoms with Crippen molar-refractivity contribution in [3.05, 3.63) is 45.6 Å². The van der Waals surface area contributed by atoms with Crippen molar-refractivity contribution in [1.29, 1.82) is 0 Å². The number of hydrogen-bond donors (Lipinski definition) is 1. The topological polar surface area (TPSA) is 64.6 Å². The summed E-state index contributed by atoms with van der Waals surface area (Å²) < 4.78 is 50.0. The van der Waals surface area contributed by atoms with Gasteiger partial charge in [-0.2, -0.15) is 13.2 Å². The van der Waals surface area contributed by atoms with Crippen LogP contribution < -0.4 is 10.1 Å². The fourth-order valence-corrected chi connectivity index (χ4v) is 4.26. The number of halogens is 3. The van der Waals surface area contributed by atoms with E-state index in [2.05, 4.69) is 5.32 Å². The molecule has 2 atom stereocenters. The van der Waals surface area contributed by atoms with Gasteiger partial charge >= 0.3 is 12.1 Å². The Morgan fingerprint density at radius 3 is 2.31 bits per heavy atom. The molecular formula is C20H20F3NO4S. The molecule has 1 aromatic carbocycles. The van der Waals surface area contributed by atoms with Crippen LogP contribution in [0.15, 0.2) is 30.3 Å². The van der Waals surface area contributed by atoms with E-state index in [1.807, 2.05) is 0 Å². The maximum Gasteiger partial charge on any atom is 0.416 e. The second-order valence-corrected chi connectivity index (χ2v) is 8.41. The first kappa shape index (κ1) is 21.2. The second-order valence-electron chi connectivity index (χ2n) is 7.33. The van der Waals surface area contributed by atoms with Gasteiger partial charge in [-0.25, -0.2) is 0 Å². The molecule has 3 rings (SSSR count). The number of fused-ring (bicyclic) bond motifs is 1. The number of carbonyl (C=O) groups excluding carboxylic acids is 2. The van der Waals surface area contributed by atoms with Crippen LogP contribution in [0.25, 0.3) is 0 Å². The number of ether oxygens (including phenoxy) is 2. The molecule has 5 nitrogen and oxygen atoms in total. The van der Waals surface area contributed by atoms with Crippen LogP contribution in [0.2, 0.25) is 0 Å². The van der Waals surface area contributed by atoms with Crippen LogP contribution in [0.4, 0.5) is 18.9 Å². The van der Waals surface area contributed by atoms with Gasteiger partial charge in [-0.1, -0.05) is 0 Å². The molecular weight excluding hydrogens is 407 g/mol. The number of esters is 1. The van der Waals surface area contributed by atoms with E-state index in [9.17, 15) is 22.8 Å². The number of benzene rings is 1. The lowest BCUT2D eigenvalue weighted by Crippen LogP contribution is -2.52. The van der Waals surface area contributed by atoms with Crippen LogP contribution in [0, 0.1) is 0 Å². The predicted molar refractivity (Wildman–Crippen MR) is 102 cm³/mol. The Bertz CT molecular complexity index is 934. The first-order valence-electron chi connectivity index (χ1n) is 8.83. The SMILES string of the molecule is CC(=O)OC1C(Nc2ccc(C(F)(F)F)cc2)c2sc(C(C)=O)cc2OC1(C)C. The van der Waals surface area contributed by atoms with Gasteiger partial charge in [0.05, 0.1) is 15.3 Å². The highest BCUT2D eigenvalue weighted by Crippen LogP contribution is 2.47. The third-order valence-corrected chi connectivity index (χ3v) is 5.84. The Morgan fingerprint density at radius 1 is 1.17 bits per heavy atom. The minimum atomic E-state index is -4.43. The molecule has 0 bridgehead atoms. The Balaban J connectivity index is 2.01. The van der Waals surface area contributed by atoms with Crippen molar-refractivity contribution in [1.82, 2.24) is 0 Å². The minimum absolute atomic E-state index is 0.136. The number of hydrogen-bond acceptors (Lipinski definition) is 6. The quantitative estimate of drug-likeness (QED) is 0.535. The summed E-state index contributed by atoms with van der Waals surface area (Å²) in [6.45, 7) is 6.20. The Hall–Kier alpha value is -2.55. The third kappa shape index (κ3) is 4.39. The van der Waals surface area contributed by atoms with Gasteiger partial charge in [0, 0.05) is 18.7 Å². The Labute approximate surface area is 169 Å². The predicted octanol–water partition coefficient (Wildman–Crippen LogP) is 5.23. The highest BCUT2D eigenvalue weighted by molar-refractivity contribution is 7.14. The van der Waals surface area contributed by atoms with E-state index >= 15 is 0 Å². The number of rotatable bonds is 4. The van der Waals surface area contributed by atoms with Gasteiger partial charge in [-0.15, -0.1) is 11.3 Å². The monoisotopic (exact) mass is 427 g/mol. The van der Waals surface area contributed by atoms with E-state index in [0.717, 1.165) is 12.1 Å². The van der Waals surface area contributed by atoms with E-state index in [1.54, 1.807) is 19.9 Å². The zero-order valence-corrected chi connectivity index (χ0v) is 17.0. The second kappa shape index (κ2) is 7.37. The lowest BCUT2D eigenvalue weighted by molar-refractivity contribution is -0.160. The number of alkyl halides is 3. The molecule has 0 aliphatic carbocycles. The summed E-state index contributed by atoms with van der Waals surface area (Å²) in [5.74, 6) is -0.168. The van der Waals surface area contributed by atoms with Crippen LogP contribution in [0.5, 0.6) is 5.75 Å². The molecule has 156 valence electrons. The lowest BCUT2D eigenvalue weighted by atomic mass is 9.90. The lowest BCUT2D eigenvalue weighted by Gasteiger charge is -2.43. The van der Waals surface area contributed by atoms with Crippen molar-refractivity contribution in [3.63, 3.8) is 0 Å². The zero-order chi connectivity index (χ0) is 21.6. The van der Waals surface area contributed by atoms with Crippen LogP contribution in [0.1, 0.15) is 53.8 Å². The van der Waals surface area contributed by atoms with Gasteiger partial charge in [-0.3, -0.25) is 9.59 Å². The highest BCUT2D eigenvalue weighted by Gasteiger charge is 2.47. The van der Waals surface area contributed by atoms with Crippen molar-refractivity contribution in [2.24, 2.45) is 0 Å². The number of ketones is 1.